The zero-order valence-electron chi connectivity index (χ0n) is 23.5. The third-order valence-electron chi connectivity index (χ3n) is 7.84. The number of anilines is 1. The van der Waals surface area contributed by atoms with E-state index in [1.807, 2.05) is 30.3 Å². The van der Waals surface area contributed by atoms with Crippen LogP contribution in [0.15, 0.2) is 66.9 Å². The molecule has 3 heterocycles. The van der Waals surface area contributed by atoms with Gasteiger partial charge in [0, 0.05) is 34.3 Å². The summed E-state index contributed by atoms with van der Waals surface area (Å²) in [5, 5.41) is 11.0. The number of para-hydroxylation sites is 1. The Bertz CT molecular complexity index is 1810. The topological polar surface area (TPSA) is 110 Å². The van der Waals surface area contributed by atoms with Crippen molar-refractivity contribution in [2.24, 2.45) is 5.92 Å². The van der Waals surface area contributed by atoms with E-state index in [9.17, 15) is 22.4 Å². The number of aromatic nitrogens is 2. The van der Waals surface area contributed by atoms with Crippen molar-refractivity contribution >= 4 is 44.1 Å². The predicted molar refractivity (Wildman–Crippen MR) is 167 cm³/mol. The molecule has 2 aromatic carbocycles. The van der Waals surface area contributed by atoms with Crippen molar-refractivity contribution in [3.8, 4) is 16.9 Å². The maximum atomic E-state index is 13.6. The molecule has 0 saturated carbocycles. The summed E-state index contributed by atoms with van der Waals surface area (Å²) < 4.78 is 39.2. The smallest absolute Gasteiger partial charge is 0.254 e. The molecule has 43 heavy (non-hydrogen) atoms. The number of thiophene rings is 1. The largest absolute Gasteiger partial charge is 0.348 e. The molecule has 1 saturated heterocycles. The summed E-state index contributed by atoms with van der Waals surface area (Å²) in [6.45, 7) is 2.17. The molecule has 2 N–H and O–H groups in total. The molecular formula is C32H31FN4O4S2. The van der Waals surface area contributed by atoms with Gasteiger partial charge in [0.15, 0.2) is 9.84 Å². The first kappa shape index (κ1) is 29.0. The van der Waals surface area contributed by atoms with Gasteiger partial charge in [0.1, 0.15) is 10.8 Å². The molecule has 0 radical (unpaired) electrons. The van der Waals surface area contributed by atoms with Gasteiger partial charge in [-0.15, -0.1) is 11.3 Å². The summed E-state index contributed by atoms with van der Waals surface area (Å²) in [4.78, 5) is 27.8. The van der Waals surface area contributed by atoms with Crippen molar-refractivity contribution in [1.29, 1.82) is 0 Å². The summed E-state index contributed by atoms with van der Waals surface area (Å²) in [6.07, 6.45) is 7.72. The van der Waals surface area contributed by atoms with Crippen LogP contribution in [0.2, 0.25) is 0 Å². The van der Waals surface area contributed by atoms with E-state index in [1.54, 1.807) is 29.1 Å². The predicted octanol–water partition coefficient (Wildman–Crippen LogP) is 5.43. The van der Waals surface area contributed by atoms with Crippen LogP contribution in [0.3, 0.4) is 0 Å². The van der Waals surface area contributed by atoms with E-state index in [1.165, 1.54) is 29.5 Å². The molecule has 1 aliphatic carbocycles. The Morgan fingerprint density at radius 3 is 2.58 bits per heavy atom. The number of benzene rings is 2. The van der Waals surface area contributed by atoms with Gasteiger partial charge >= 0.3 is 0 Å². The van der Waals surface area contributed by atoms with E-state index in [0.717, 1.165) is 35.4 Å². The van der Waals surface area contributed by atoms with Crippen LogP contribution in [0.5, 0.6) is 0 Å². The highest BCUT2D eigenvalue weighted by molar-refractivity contribution is 7.91. The molecule has 2 unspecified atom stereocenters. The average molecular weight is 619 g/mol. The fourth-order valence-electron chi connectivity index (χ4n) is 5.62. The van der Waals surface area contributed by atoms with Crippen LogP contribution in [0.4, 0.5) is 9.39 Å². The average Bonchev–Trinajstić information content (AvgIpc) is 3.66. The van der Waals surface area contributed by atoms with E-state index in [-0.39, 0.29) is 23.2 Å². The first-order valence-corrected chi connectivity index (χ1v) is 16.8. The summed E-state index contributed by atoms with van der Waals surface area (Å²) in [5.74, 6) is -0.661. The van der Waals surface area contributed by atoms with Crippen LogP contribution >= 0.6 is 11.3 Å². The molecule has 2 aliphatic rings. The van der Waals surface area contributed by atoms with Crippen LogP contribution in [-0.4, -0.2) is 47.6 Å². The molecule has 222 valence electrons. The van der Waals surface area contributed by atoms with Gasteiger partial charge in [-0.1, -0.05) is 25.1 Å². The van der Waals surface area contributed by atoms with Crippen LogP contribution in [0, 0.1) is 11.7 Å². The van der Waals surface area contributed by atoms with E-state index in [4.69, 9.17) is 5.10 Å². The standard InChI is InChI=1S/C32H31FN4O4S2/c1-20-7-13-26-27(17-20)42-32(29(26)31(39)34-24-15-16-43(40,41)19-24)35-28(38)14-10-22-18-37(25-5-3-2-4-6-25)36-30(22)21-8-11-23(33)12-9-21/h2-6,8-12,14,18,20,24H,7,13,15-17,19H2,1H3,(H,34,39)(H,35,38)/b14-10+. The second-order valence-corrected chi connectivity index (χ2v) is 14.5. The zero-order chi connectivity index (χ0) is 30.1. The summed E-state index contributed by atoms with van der Waals surface area (Å²) >= 11 is 1.41. The number of hydrogen-bond donors (Lipinski definition) is 2. The van der Waals surface area contributed by atoms with Gasteiger partial charge in [-0.3, -0.25) is 9.59 Å². The van der Waals surface area contributed by atoms with Crippen molar-refractivity contribution in [1.82, 2.24) is 15.1 Å². The molecular weight excluding hydrogens is 588 g/mol. The highest BCUT2D eigenvalue weighted by atomic mass is 32.2. The van der Waals surface area contributed by atoms with Crippen molar-refractivity contribution in [3.05, 3.63) is 94.3 Å². The fourth-order valence-corrected chi connectivity index (χ4v) is 8.70. The third-order valence-corrected chi connectivity index (χ3v) is 10.8. The van der Waals surface area contributed by atoms with Crippen molar-refractivity contribution < 1.29 is 22.4 Å². The number of fused-ring (bicyclic) bond motifs is 1. The van der Waals surface area contributed by atoms with Gasteiger partial charge in [-0.2, -0.15) is 5.10 Å². The molecule has 6 rings (SSSR count). The van der Waals surface area contributed by atoms with Crippen molar-refractivity contribution in [3.63, 3.8) is 0 Å². The Morgan fingerprint density at radius 1 is 1.09 bits per heavy atom. The SMILES string of the molecule is CC1CCc2c(sc(NC(=O)/C=C/c3cn(-c4ccccc4)nc3-c3ccc(F)cc3)c2C(=O)NC2CCS(=O)(=O)C2)C1. The Morgan fingerprint density at radius 2 is 1.86 bits per heavy atom. The maximum absolute atomic E-state index is 13.6. The molecule has 1 aliphatic heterocycles. The normalized spacial score (nSPS) is 19.3. The molecule has 2 amide bonds. The Kier molecular flexibility index (Phi) is 8.02. The zero-order valence-corrected chi connectivity index (χ0v) is 25.2. The minimum absolute atomic E-state index is 0.0619. The van der Waals surface area contributed by atoms with E-state index >= 15 is 0 Å². The number of carbonyl (C=O) groups excluding carboxylic acids is 2. The lowest BCUT2D eigenvalue weighted by molar-refractivity contribution is -0.111. The lowest BCUT2D eigenvalue weighted by Crippen LogP contribution is -2.36. The number of sulfone groups is 1. The second-order valence-electron chi connectivity index (χ2n) is 11.2. The number of halogens is 1. The highest BCUT2D eigenvalue weighted by Gasteiger charge is 2.33. The Hall–Kier alpha value is -4.09. The van der Waals surface area contributed by atoms with E-state index in [2.05, 4.69) is 17.6 Å². The van der Waals surface area contributed by atoms with Gasteiger partial charge in [0.2, 0.25) is 5.91 Å². The minimum atomic E-state index is -3.16. The minimum Gasteiger partial charge on any atom is -0.348 e. The van der Waals surface area contributed by atoms with E-state index < -0.39 is 21.8 Å². The number of nitrogens with zero attached hydrogens (tertiary/aromatic N) is 2. The third kappa shape index (κ3) is 6.47. The van der Waals surface area contributed by atoms with Gasteiger partial charge in [-0.25, -0.2) is 17.5 Å². The molecule has 4 aromatic rings. The van der Waals surface area contributed by atoms with Gasteiger partial charge in [0.05, 0.1) is 28.5 Å². The summed E-state index contributed by atoms with van der Waals surface area (Å²) in [7, 11) is -3.16. The first-order chi connectivity index (χ1) is 20.6. The Labute approximate surface area is 253 Å². The number of rotatable bonds is 7. The van der Waals surface area contributed by atoms with Gasteiger partial charge in [-0.05, 0) is 79.6 Å². The quantitative estimate of drug-likeness (QED) is 0.269. The van der Waals surface area contributed by atoms with Crippen molar-refractivity contribution in [2.75, 3.05) is 16.8 Å². The number of carbonyl (C=O) groups is 2. The van der Waals surface area contributed by atoms with Crippen LogP contribution in [0.25, 0.3) is 23.0 Å². The highest BCUT2D eigenvalue weighted by Crippen LogP contribution is 2.40. The number of nitrogens with one attached hydrogen (secondary N) is 2. The number of amides is 2. The lowest BCUT2D eigenvalue weighted by atomic mass is 9.88. The first-order valence-electron chi connectivity index (χ1n) is 14.2. The van der Waals surface area contributed by atoms with Gasteiger partial charge in [0.25, 0.3) is 5.91 Å². The molecule has 11 heteroatoms. The van der Waals surface area contributed by atoms with Crippen LogP contribution in [0.1, 0.15) is 46.1 Å². The lowest BCUT2D eigenvalue weighted by Gasteiger charge is -2.19. The molecule has 0 bridgehead atoms. The molecule has 2 atom stereocenters. The maximum Gasteiger partial charge on any atom is 0.254 e. The number of hydrogen-bond acceptors (Lipinski definition) is 6. The molecule has 1 fully saturated rings. The second kappa shape index (κ2) is 11.9. The van der Waals surface area contributed by atoms with Crippen molar-refractivity contribution in [2.45, 2.75) is 38.6 Å². The fraction of sp³-hybridized carbons (Fsp3) is 0.281. The summed E-state index contributed by atoms with van der Waals surface area (Å²) in [6, 6.07) is 15.1. The molecule has 2 aromatic heterocycles. The van der Waals surface area contributed by atoms with Gasteiger partial charge < -0.3 is 10.6 Å². The van der Waals surface area contributed by atoms with Crippen LogP contribution in [-0.2, 0) is 27.5 Å². The Balaban J connectivity index is 1.27. The molecule has 0 spiro atoms. The van der Waals surface area contributed by atoms with E-state index in [0.29, 0.717) is 39.7 Å². The monoisotopic (exact) mass is 618 g/mol. The summed E-state index contributed by atoms with van der Waals surface area (Å²) in [5.41, 5.74) is 4.14. The molecule has 8 nitrogen and oxygen atoms in total. The van der Waals surface area contributed by atoms with Crippen LogP contribution < -0.4 is 10.6 Å².